The molecule has 0 aliphatic rings. The van der Waals surface area contributed by atoms with Crippen molar-refractivity contribution in [3.05, 3.63) is 72.4 Å². The fourth-order valence-corrected chi connectivity index (χ4v) is 3.00. The second-order valence-electron chi connectivity index (χ2n) is 5.08. The predicted octanol–water partition coefficient (Wildman–Crippen LogP) is 3.29. The maximum absolute atomic E-state index is 12.0. The minimum absolute atomic E-state index is 0.0213. The number of furan rings is 1. The Balaban J connectivity index is 1.50. The first-order valence-electron chi connectivity index (χ1n) is 7.55. The van der Waals surface area contributed by atoms with Gasteiger partial charge in [0.2, 0.25) is 5.91 Å². The predicted molar refractivity (Wildman–Crippen MR) is 94.2 cm³/mol. The number of amides is 1. The highest BCUT2D eigenvalue weighted by molar-refractivity contribution is 7.99. The number of aromatic nitrogens is 2. The van der Waals surface area contributed by atoms with Gasteiger partial charge in [0.1, 0.15) is 5.69 Å². The number of hydrogen-bond acceptors (Lipinski definition) is 5. The minimum atomic E-state index is -0.0213. The third-order valence-electron chi connectivity index (χ3n) is 3.33. The van der Waals surface area contributed by atoms with Gasteiger partial charge in [0.25, 0.3) is 0 Å². The molecule has 0 saturated carbocycles. The first-order chi connectivity index (χ1) is 11.8. The lowest BCUT2D eigenvalue weighted by Crippen LogP contribution is -2.25. The van der Waals surface area contributed by atoms with Gasteiger partial charge in [0.05, 0.1) is 24.3 Å². The Hall–Kier alpha value is -2.60. The number of rotatable bonds is 7. The van der Waals surface area contributed by atoms with Gasteiger partial charge in [-0.15, -0.1) is 11.8 Å². The first-order valence-corrected chi connectivity index (χ1v) is 8.70. The van der Waals surface area contributed by atoms with Crippen LogP contribution in [0.5, 0.6) is 0 Å². The van der Waals surface area contributed by atoms with Crippen LogP contribution in [0.1, 0.15) is 11.3 Å². The summed E-state index contributed by atoms with van der Waals surface area (Å²) in [5.41, 5.74) is 2.55. The molecule has 0 aliphatic carbocycles. The number of carbonyl (C=O) groups is 1. The molecular formula is C18H17N3O2S. The summed E-state index contributed by atoms with van der Waals surface area (Å²) >= 11 is 1.58. The van der Waals surface area contributed by atoms with Crippen molar-refractivity contribution in [2.75, 3.05) is 5.75 Å². The molecule has 5 nitrogen and oxygen atoms in total. The third-order valence-corrected chi connectivity index (χ3v) is 4.33. The smallest absolute Gasteiger partial charge is 0.230 e. The van der Waals surface area contributed by atoms with Crippen LogP contribution in [0.2, 0.25) is 0 Å². The molecule has 3 rings (SSSR count). The normalized spacial score (nSPS) is 10.5. The third kappa shape index (κ3) is 4.45. The summed E-state index contributed by atoms with van der Waals surface area (Å²) in [5, 5.41) is 2.88. The van der Waals surface area contributed by atoms with Gasteiger partial charge in [-0.1, -0.05) is 30.3 Å². The van der Waals surface area contributed by atoms with E-state index in [4.69, 9.17) is 4.42 Å². The highest BCUT2D eigenvalue weighted by Crippen LogP contribution is 2.19. The Morgan fingerprint density at radius 3 is 2.71 bits per heavy atom. The molecule has 24 heavy (non-hydrogen) atoms. The summed E-state index contributed by atoms with van der Waals surface area (Å²) < 4.78 is 5.36. The van der Waals surface area contributed by atoms with E-state index in [1.807, 2.05) is 24.3 Å². The van der Waals surface area contributed by atoms with Crippen LogP contribution in [-0.2, 0) is 17.1 Å². The average molecular weight is 339 g/mol. The van der Waals surface area contributed by atoms with Gasteiger partial charge in [-0.2, -0.15) is 0 Å². The number of nitrogens with zero attached hydrogens (tertiary/aromatic N) is 2. The maximum Gasteiger partial charge on any atom is 0.230 e. The lowest BCUT2D eigenvalue weighted by Gasteiger charge is -2.07. The summed E-state index contributed by atoms with van der Waals surface area (Å²) in [6.07, 6.45) is 4.81. The van der Waals surface area contributed by atoms with E-state index in [1.165, 1.54) is 5.56 Å². The molecule has 3 aromatic rings. The van der Waals surface area contributed by atoms with Crippen molar-refractivity contribution < 1.29 is 9.21 Å². The topological polar surface area (TPSA) is 68.0 Å². The van der Waals surface area contributed by atoms with E-state index in [2.05, 4.69) is 27.4 Å². The van der Waals surface area contributed by atoms with Crippen LogP contribution in [-0.4, -0.2) is 21.6 Å². The Morgan fingerprint density at radius 1 is 1.08 bits per heavy atom. The van der Waals surface area contributed by atoms with E-state index < -0.39 is 0 Å². The molecule has 0 atom stereocenters. The Bertz CT molecular complexity index is 776. The van der Waals surface area contributed by atoms with E-state index in [1.54, 1.807) is 36.5 Å². The van der Waals surface area contributed by atoms with Gasteiger partial charge in [0.15, 0.2) is 5.76 Å². The molecule has 0 aliphatic heterocycles. The van der Waals surface area contributed by atoms with E-state index in [0.29, 0.717) is 29.4 Å². The lowest BCUT2D eigenvalue weighted by atomic mass is 10.2. The molecule has 0 fully saturated rings. The standard InChI is InChI=1S/C18H17N3O2S/c22-17(13-24-12-14-5-2-1-3-6-14)21-11-15-18(20-9-8-19-15)16-7-4-10-23-16/h1-10H,11-13H2,(H,21,22). The number of nitrogens with one attached hydrogen (secondary N) is 1. The van der Waals surface area contributed by atoms with Crippen molar-refractivity contribution in [2.24, 2.45) is 0 Å². The second-order valence-corrected chi connectivity index (χ2v) is 6.07. The van der Waals surface area contributed by atoms with Gasteiger partial charge in [0, 0.05) is 18.1 Å². The van der Waals surface area contributed by atoms with Gasteiger partial charge in [-0.05, 0) is 17.7 Å². The minimum Gasteiger partial charge on any atom is -0.463 e. The quantitative estimate of drug-likeness (QED) is 0.715. The molecule has 0 unspecified atom stereocenters. The second kappa shape index (κ2) is 8.31. The van der Waals surface area contributed by atoms with Crippen LogP contribution >= 0.6 is 11.8 Å². The van der Waals surface area contributed by atoms with Crippen LogP contribution in [0.4, 0.5) is 0 Å². The molecule has 0 saturated heterocycles. The zero-order valence-corrected chi connectivity index (χ0v) is 13.8. The lowest BCUT2D eigenvalue weighted by molar-refractivity contribution is -0.118. The van der Waals surface area contributed by atoms with Crippen molar-refractivity contribution >= 4 is 17.7 Å². The summed E-state index contributed by atoms with van der Waals surface area (Å²) in [7, 11) is 0. The van der Waals surface area contributed by atoms with E-state index >= 15 is 0 Å². The van der Waals surface area contributed by atoms with Crippen molar-refractivity contribution in [3.8, 4) is 11.5 Å². The van der Waals surface area contributed by atoms with Crippen LogP contribution in [0.25, 0.3) is 11.5 Å². The Morgan fingerprint density at radius 2 is 1.92 bits per heavy atom. The van der Waals surface area contributed by atoms with E-state index in [-0.39, 0.29) is 5.91 Å². The largest absolute Gasteiger partial charge is 0.463 e. The monoisotopic (exact) mass is 339 g/mol. The summed E-state index contributed by atoms with van der Waals surface area (Å²) in [6.45, 7) is 0.328. The first kappa shape index (κ1) is 16.3. The van der Waals surface area contributed by atoms with Crippen molar-refractivity contribution in [1.29, 1.82) is 0 Å². The average Bonchev–Trinajstić information content (AvgIpc) is 3.16. The Kier molecular flexibility index (Phi) is 5.63. The zero-order valence-electron chi connectivity index (χ0n) is 13.0. The molecule has 1 amide bonds. The number of hydrogen-bond donors (Lipinski definition) is 1. The van der Waals surface area contributed by atoms with Crippen LogP contribution < -0.4 is 5.32 Å². The van der Waals surface area contributed by atoms with Gasteiger partial charge in [-0.25, -0.2) is 4.98 Å². The Labute approximate surface area is 144 Å². The molecule has 2 heterocycles. The number of thioether (sulfide) groups is 1. The molecule has 6 heteroatoms. The van der Waals surface area contributed by atoms with Crippen LogP contribution in [0.3, 0.4) is 0 Å². The molecular weight excluding hydrogens is 322 g/mol. The van der Waals surface area contributed by atoms with E-state index in [0.717, 1.165) is 5.75 Å². The highest BCUT2D eigenvalue weighted by atomic mass is 32.2. The maximum atomic E-state index is 12.0. The summed E-state index contributed by atoms with van der Waals surface area (Å²) in [6, 6.07) is 13.7. The molecule has 2 aromatic heterocycles. The zero-order chi connectivity index (χ0) is 16.6. The number of benzene rings is 1. The van der Waals surface area contributed by atoms with Gasteiger partial charge < -0.3 is 9.73 Å². The van der Waals surface area contributed by atoms with Crippen molar-refractivity contribution in [3.63, 3.8) is 0 Å². The fourth-order valence-electron chi connectivity index (χ4n) is 2.18. The van der Waals surface area contributed by atoms with Crippen LogP contribution in [0.15, 0.2) is 65.5 Å². The summed E-state index contributed by atoms with van der Waals surface area (Å²) in [4.78, 5) is 20.6. The van der Waals surface area contributed by atoms with Gasteiger partial charge in [-0.3, -0.25) is 9.78 Å². The SMILES string of the molecule is O=C(CSCc1ccccc1)NCc1nccnc1-c1ccco1. The van der Waals surface area contributed by atoms with Crippen molar-refractivity contribution in [1.82, 2.24) is 15.3 Å². The highest BCUT2D eigenvalue weighted by Gasteiger charge is 2.11. The van der Waals surface area contributed by atoms with Gasteiger partial charge >= 0.3 is 0 Å². The molecule has 1 N–H and O–H groups in total. The molecule has 0 spiro atoms. The number of carbonyl (C=O) groups excluding carboxylic acids is 1. The van der Waals surface area contributed by atoms with Crippen molar-refractivity contribution in [2.45, 2.75) is 12.3 Å². The molecule has 1 aromatic carbocycles. The fraction of sp³-hybridized carbons (Fsp3) is 0.167. The molecule has 0 radical (unpaired) electrons. The van der Waals surface area contributed by atoms with E-state index in [9.17, 15) is 4.79 Å². The van der Waals surface area contributed by atoms with Crippen LogP contribution in [0, 0.1) is 0 Å². The molecule has 122 valence electrons. The summed E-state index contributed by atoms with van der Waals surface area (Å²) in [5.74, 6) is 1.85. The molecule has 0 bridgehead atoms.